The maximum atomic E-state index is 12.2. The first-order valence-corrected chi connectivity index (χ1v) is 11.3. The van der Waals surface area contributed by atoms with E-state index in [2.05, 4.69) is 6.92 Å². The summed E-state index contributed by atoms with van der Waals surface area (Å²) in [5, 5.41) is 27.5. The number of unbranched alkanes of at least 4 members (excludes halogenated alkanes) is 5. The Balaban J connectivity index is 2.36. The Morgan fingerprint density at radius 3 is 2.14 bits per heavy atom. The molecule has 0 amide bonds. The molecule has 0 fully saturated rings. The molecule has 162 valence electrons. The maximum absolute atomic E-state index is 12.2. The first kappa shape index (κ1) is 25.0. The fourth-order valence-electron chi connectivity index (χ4n) is 2.61. The smallest absolute Gasteiger partial charge is 0.297 e. The van der Waals surface area contributed by atoms with Crippen molar-refractivity contribution in [1.82, 2.24) is 0 Å². The summed E-state index contributed by atoms with van der Waals surface area (Å²) < 4.78 is 34.2. The minimum Gasteiger partial charge on any atom is -0.394 e. The normalized spacial score (nSPS) is 14.1. The third-order valence-corrected chi connectivity index (χ3v) is 5.57. The van der Waals surface area contributed by atoms with Crippen molar-refractivity contribution in [1.29, 1.82) is 0 Å². The number of hydrogen-bond acceptors (Lipinski definition) is 7. The Morgan fingerprint density at radius 2 is 1.50 bits per heavy atom. The van der Waals surface area contributed by atoms with Gasteiger partial charge in [0.25, 0.3) is 10.1 Å². The summed E-state index contributed by atoms with van der Waals surface area (Å²) in [6, 6.07) is 6.61. The third kappa shape index (κ3) is 10.5. The molecular weight excluding hydrogens is 384 g/mol. The highest BCUT2D eigenvalue weighted by Gasteiger charge is 2.18. The predicted octanol–water partition coefficient (Wildman–Crippen LogP) is 2.03. The zero-order valence-corrected chi connectivity index (χ0v) is 17.4. The van der Waals surface area contributed by atoms with Crippen LogP contribution in [0.25, 0.3) is 0 Å². The molecule has 0 spiro atoms. The van der Waals surface area contributed by atoms with E-state index in [1.807, 2.05) is 0 Å². The van der Waals surface area contributed by atoms with Crippen LogP contribution in [0.2, 0.25) is 0 Å². The fraction of sp³-hybridized carbons (Fsp3) is 0.700. The number of aryl methyl sites for hydroxylation is 1. The van der Waals surface area contributed by atoms with Gasteiger partial charge < -0.3 is 20.1 Å². The summed E-state index contributed by atoms with van der Waals surface area (Å²) in [5.41, 5.74) is 1.09. The van der Waals surface area contributed by atoms with Gasteiger partial charge >= 0.3 is 0 Å². The van der Waals surface area contributed by atoms with E-state index in [4.69, 9.17) is 19.1 Å². The van der Waals surface area contributed by atoms with Crippen LogP contribution in [0.15, 0.2) is 29.2 Å². The van der Waals surface area contributed by atoms with Gasteiger partial charge in [0.2, 0.25) is 0 Å². The predicted molar refractivity (Wildman–Crippen MR) is 107 cm³/mol. The molecule has 0 saturated carbocycles. The number of hydrogen-bond donors (Lipinski definition) is 3. The van der Waals surface area contributed by atoms with Gasteiger partial charge in [-0.25, -0.2) is 0 Å². The average Bonchev–Trinajstić information content (AvgIpc) is 2.69. The molecule has 0 aromatic heterocycles. The van der Waals surface area contributed by atoms with Gasteiger partial charge in [0.1, 0.15) is 12.2 Å². The van der Waals surface area contributed by atoms with Crippen LogP contribution >= 0.6 is 0 Å². The molecule has 0 aliphatic carbocycles. The average molecular weight is 419 g/mol. The van der Waals surface area contributed by atoms with E-state index in [9.17, 15) is 13.5 Å². The number of benzene rings is 1. The van der Waals surface area contributed by atoms with E-state index < -0.39 is 35.5 Å². The van der Waals surface area contributed by atoms with Crippen molar-refractivity contribution in [2.45, 2.75) is 69.0 Å². The highest BCUT2D eigenvalue weighted by Crippen LogP contribution is 2.16. The van der Waals surface area contributed by atoms with Crippen LogP contribution in [-0.2, 0) is 25.5 Å². The number of aliphatic hydroxyl groups is 3. The quantitative estimate of drug-likeness (QED) is 0.278. The van der Waals surface area contributed by atoms with Crippen LogP contribution in [0.1, 0.15) is 51.0 Å². The van der Waals surface area contributed by atoms with Crippen LogP contribution in [0.5, 0.6) is 0 Å². The molecule has 0 aliphatic rings. The van der Waals surface area contributed by atoms with Gasteiger partial charge in [-0.15, -0.1) is 0 Å². The van der Waals surface area contributed by atoms with Gasteiger partial charge in [0.15, 0.2) is 0 Å². The molecule has 3 N–H and O–H groups in total. The zero-order chi connectivity index (χ0) is 20.8. The Morgan fingerprint density at radius 1 is 0.893 bits per heavy atom. The van der Waals surface area contributed by atoms with Crippen molar-refractivity contribution in [3.05, 3.63) is 29.8 Å². The highest BCUT2D eigenvalue weighted by atomic mass is 32.2. The summed E-state index contributed by atoms with van der Waals surface area (Å²) in [6.07, 6.45) is 6.00. The minimum atomic E-state index is -3.96. The molecular formula is C20H34O7S. The Labute approximate surface area is 168 Å². The SMILES string of the molecule is CCCCCCCCc1ccc(S(=O)(=O)OCC(O)COCC(O)CO)cc1. The Bertz CT molecular complexity index is 616. The lowest BCUT2D eigenvalue weighted by Crippen LogP contribution is -2.27. The molecule has 8 heteroatoms. The molecule has 1 rings (SSSR count). The second-order valence-corrected chi connectivity index (χ2v) is 8.54. The van der Waals surface area contributed by atoms with E-state index >= 15 is 0 Å². The van der Waals surface area contributed by atoms with Crippen molar-refractivity contribution in [2.75, 3.05) is 26.4 Å². The fourth-order valence-corrected chi connectivity index (χ4v) is 3.55. The first-order chi connectivity index (χ1) is 13.4. The Kier molecular flexibility index (Phi) is 12.5. The summed E-state index contributed by atoms with van der Waals surface area (Å²) >= 11 is 0. The lowest BCUT2D eigenvalue weighted by Gasteiger charge is -2.13. The van der Waals surface area contributed by atoms with Gasteiger partial charge in [0, 0.05) is 0 Å². The molecule has 1 aromatic rings. The van der Waals surface area contributed by atoms with E-state index in [1.54, 1.807) is 12.1 Å². The van der Waals surface area contributed by atoms with Gasteiger partial charge in [-0.1, -0.05) is 51.2 Å². The lowest BCUT2D eigenvalue weighted by molar-refractivity contribution is -0.0332. The van der Waals surface area contributed by atoms with Crippen LogP contribution < -0.4 is 0 Å². The highest BCUT2D eigenvalue weighted by molar-refractivity contribution is 7.86. The second kappa shape index (κ2) is 14.0. The van der Waals surface area contributed by atoms with Crippen LogP contribution in [0, 0.1) is 0 Å². The van der Waals surface area contributed by atoms with Crippen LogP contribution in [-0.4, -0.2) is 62.4 Å². The number of rotatable bonds is 16. The van der Waals surface area contributed by atoms with Crippen LogP contribution in [0.4, 0.5) is 0 Å². The standard InChI is InChI=1S/C20H34O7S/c1-2-3-4-5-6-7-8-17-9-11-20(12-10-17)28(24,25)27-16-19(23)15-26-14-18(22)13-21/h9-12,18-19,21-23H,2-8,13-16H2,1H3. The summed E-state index contributed by atoms with van der Waals surface area (Å²) in [4.78, 5) is 0.0445. The molecule has 7 nitrogen and oxygen atoms in total. The van der Waals surface area contributed by atoms with Crippen molar-refractivity contribution in [3.8, 4) is 0 Å². The van der Waals surface area contributed by atoms with Gasteiger partial charge in [-0.3, -0.25) is 4.18 Å². The molecule has 1 aromatic carbocycles. The molecule has 0 heterocycles. The van der Waals surface area contributed by atoms with E-state index in [0.29, 0.717) is 0 Å². The van der Waals surface area contributed by atoms with Gasteiger partial charge in [0.05, 0.1) is 31.3 Å². The topological polar surface area (TPSA) is 113 Å². The lowest BCUT2D eigenvalue weighted by atomic mass is 10.1. The zero-order valence-electron chi connectivity index (χ0n) is 16.6. The van der Waals surface area contributed by atoms with Gasteiger partial charge in [-0.05, 0) is 30.5 Å². The molecule has 28 heavy (non-hydrogen) atoms. The monoisotopic (exact) mass is 418 g/mol. The van der Waals surface area contributed by atoms with Gasteiger partial charge in [-0.2, -0.15) is 8.42 Å². The molecule has 0 bridgehead atoms. The third-order valence-electron chi connectivity index (χ3n) is 4.28. The van der Waals surface area contributed by atoms with E-state index in [-0.39, 0.29) is 18.1 Å². The molecule has 2 unspecified atom stereocenters. The summed E-state index contributed by atoms with van der Waals surface area (Å²) in [7, 11) is -3.96. The molecule has 0 aliphatic heterocycles. The Hall–Kier alpha value is -1.03. The van der Waals surface area contributed by atoms with Crippen molar-refractivity contribution >= 4 is 10.1 Å². The number of aliphatic hydroxyl groups excluding tert-OH is 3. The molecule has 2 atom stereocenters. The van der Waals surface area contributed by atoms with Crippen molar-refractivity contribution < 1.29 is 32.7 Å². The second-order valence-electron chi connectivity index (χ2n) is 6.93. The number of ether oxygens (including phenoxy) is 1. The summed E-state index contributed by atoms with van der Waals surface area (Å²) in [6.45, 7) is 0.940. The first-order valence-electron chi connectivity index (χ1n) is 9.92. The van der Waals surface area contributed by atoms with Crippen molar-refractivity contribution in [3.63, 3.8) is 0 Å². The van der Waals surface area contributed by atoms with E-state index in [0.717, 1.165) is 18.4 Å². The van der Waals surface area contributed by atoms with Crippen LogP contribution in [0.3, 0.4) is 0 Å². The molecule has 0 radical (unpaired) electrons. The largest absolute Gasteiger partial charge is 0.394 e. The minimum absolute atomic E-state index is 0.0445. The maximum Gasteiger partial charge on any atom is 0.297 e. The summed E-state index contributed by atoms with van der Waals surface area (Å²) in [5.74, 6) is 0. The van der Waals surface area contributed by atoms with Crippen molar-refractivity contribution in [2.24, 2.45) is 0 Å². The van der Waals surface area contributed by atoms with E-state index in [1.165, 1.54) is 44.2 Å². The molecule has 0 saturated heterocycles.